The molecular weight excluding hydrogens is 244 g/mol. The standard InChI is InChI=1S/C14H10N2OS/c15-7-12-3-1-2-4-13(12)14(8-16)17-9-11-5-6-18-10-11/h1-6,10,14H,9H2. The van der Waals surface area contributed by atoms with Crippen molar-refractivity contribution >= 4 is 11.3 Å². The summed E-state index contributed by atoms with van der Waals surface area (Å²) < 4.78 is 5.56. The number of ether oxygens (including phenoxy) is 1. The first-order chi connectivity index (χ1) is 8.85. The zero-order valence-electron chi connectivity index (χ0n) is 9.54. The summed E-state index contributed by atoms with van der Waals surface area (Å²) in [5, 5.41) is 22.1. The van der Waals surface area contributed by atoms with E-state index in [0.717, 1.165) is 5.56 Å². The molecule has 2 aromatic rings. The van der Waals surface area contributed by atoms with E-state index in [2.05, 4.69) is 12.1 Å². The minimum Gasteiger partial charge on any atom is -0.354 e. The molecule has 0 aliphatic carbocycles. The Morgan fingerprint density at radius 1 is 1.22 bits per heavy atom. The maximum atomic E-state index is 9.15. The third-order valence-corrected chi connectivity index (χ3v) is 3.21. The third kappa shape index (κ3) is 2.75. The molecule has 1 heterocycles. The molecule has 4 heteroatoms. The van der Waals surface area contributed by atoms with Crippen LogP contribution in [0.1, 0.15) is 22.8 Å². The van der Waals surface area contributed by atoms with E-state index in [4.69, 9.17) is 15.3 Å². The fraction of sp³-hybridized carbons (Fsp3) is 0.143. The first-order valence-electron chi connectivity index (χ1n) is 5.36. The molecule has 0 saturated carbocycles. The summed E-state index contributed by atoms with van der Waals surface area (Å²) >= 11 is 1.59. The Morgan fingerprint density at radius 2 is 2.06 bits per heavy atom. The van der Waals surface area contributed by atoms with E-state index < -0.39 is 6.10 Å². The number of nitrogens with zero attached hydrogens (tertiary/aromatic N) is 2. The summed E-state index contributed by atoms with van der Waals surface area (Å²) in [4.78, 5) is 0. The zero-order chi connectivity index (χ0) is 12.8. The van der Waals surface area contributed by atoms with Crippen LogP contribution in [0.3, 0.4) is 0 Å². The van der Waals surface area contributed by atoms with Crippen molar-refractivity contribution in [2.24, 2.45) is 0 Å². The first kappa shape index (κ1) is 12.3. The number of benzene rings is 1. The van der Waals surface area contributed by atoms with Crippen LogP contribution in [0, 0.1) is 22.7 Å². The summed E-state index contributed by atoms with van der Waals surface area (Å²) in [6.45, 7) is 0.376. The van der Waals surface area contributed by atoms with Crippen molar-refractivity contribution in [3.63, 3.8) is 0 Å². The van der Waals surface area contributed by atoms with E-state index >= 15 is 0 Å². The van der Waals surface area contributed by atoms with Gasteiger partial charge in [0.2, 0.25) is 0 Å². The molecule has 88 valence electrons. The van der Waals surface area contributed by atoms with Gasteiger partial charge in [-0.25, -0.2) is 0 Å². The molecule has 2 rings (SSSR count). The van der Waals surface area contributed by atoms with E-state index in [1.54, 1.807) is 35.6 Å². The second-order valence-electron chi connectivity index (χ2n) is 3.65. The van der Waals surface area contributed by atoms with Crippen molar-refractivity contribution in [3.05, 3.63) is 57.8 Å². The molecular formula is C14H10N2OS. The van der Waals surface area contributed by atoms with Crippen molar-refractivity contribution in [2.45, 2.75) is 12.7 Å². The second kappa shape index (κ2) is 5.97. The van der Waals surface area contributed by atoms with Gasteiger partial charge in [0.05, 0.1) is 24.3 Å². The van der Waals surface area contributed by atoms with Crippen LogP contribution in [0.25, 0.3) is 0 Å². The Kier molecular flexibility index (Phi) is 4.09. The predicted molar refractivity (Wildman–Crippen MR) is 68.6 cm³/mol. The van der Waals surface area contributed by atoms with E-state index in [9.17, 15) is 0 Å². The van der Waals surface area contributed by atoms with Gasteiger partial charge in [0, 0.05) is 5.56 Å². The molecule has 0 radical (unpaired) electrons. The van der Waals surface area contributed by atoms with Crippen LogP contribution >= 0.6 is 11.3 Å². The highest BCUT2D eigenvalue weighted by Crippen LogP contribution is 2.22. The smallest absolute Gasteiger partial charge is 0.170 e. The van der Waals surface area contributed by atoms with Gasteiger partial charge in [0.25, 0.3) is 0 Å². The molecule has 0 spiro atoms. The second-order valence-corrected chi connectivity index (χ2v) is 4.43. The van der Waals surface area contributed by atoms with Gasteiger partial charge < -0.3 is 4.74 Å². The Morgan fingerprint density at radius 3 is 2.72 bits per heavy atom. The van der Waals surface area contributed by atoms with Crippen molar-refractivity contribution in [1.29, 1.82) is 10.5 Å². The number of rotatable bonds is 4. The largest absolute Gasteiger partial charge is 0.354 e. The van der Waals surface area contributed by atoms with Crippen LogP contribution in [-0.2, 0) is 11.3 Å². The van der Waals surface area contributed by atoms with Crippen LogP contribution in [0.5, 0.6) is 0 Å². The summed E-state index contributed by atoms with van der Waals surface area (Å²) in [5.74, 6) is 0. The van der Waals surface area contributed by atoms with E-state index in [1.807, 2.05) is 16.8 Å². The van der Waals surface area contributed by atoms with Gasteiger partial charge in [-0.05, 0) is 28.5 Å². The Hall–Kier alpha value is -2.14. The molecule has 3 nitrogen and oxygen atoms in total. The van der Waals surface area contributed by atoms with E-state index in [0.29, 0.717) is 17.7 Å². The van der Waals surface area contributed by atoms with E-state index in [-0.39, 0.29) is 0 Å². The van der Waals surface area contributed by atoms with Gasteiger partial charge in [-0.2, -0.15) is 21.9 Å². The lowest BCUT2D eigenvalue weighted by atomic mass is 10.0. The number of hydrogen-bond acceptors (Lipinski definition) is 4. The topological polar surface area (TPSA) is 56.8 Å². The summed E-state index contributed by atoms with van der Waals surface area (Å²) in [6, 6.07) is 13.1. The number of thiophene rings is 1. The first-order valence-corrected chi connectivity index (χ1v) is 6.30. The van der Waals surface area contributed by atoms with Crippen LogP contribution in [-0.4, -0.2) is 0 Å². The van der Waals surface area contributed by atoms with E-state index in [1.165, 1.54) is 0 Å². The summed E-state index contributed by atoms with van der Waals surface area (Å²) in [5.41, 5.74) is 2.14. The summed E-state index contributed by atoms with van der Waals surface area (Å²) in [7, 11) is 0. The highest BCUT2D eigenvalue weighted by Gasteiger charge is 2.15. The molecule has 18 heavy (non-hydrogen) atoms. The minimum atomic E-state index is -0.708. The molecule has 1 aromatic carbocycles. The lowest BCUT2D eigenvalue weighted by Gasteiger charge is -2.11. The molecule has 0 aliphatic rings. The van der Waals surface area contributed by atoms with Gasteiger partial charge in [-0.1, -0.05) is 18.2 Å². The average molecular weight is 254 g/mol. The molecule has 0 bridgehead atoms. The van der Waals surface area contributed by atoms with Crippen LogP contribution in [0.4, 0.5) is 0 Å². The maximum Gasteiger partial charge on any atom is 0.170 e. The molecule has 0 N–H and O–H groups in total. The monoisotopic (exact) mass is 254 g/mol. The quantitative estimate of drug-likeness (QED) is 0.840. The highest BCUT2D eigenvalue weighted by molar-refractivity contribution is 7.07. The lowest BCUT2D eigenvalue weighted by Crippen LogP contribution is -2.04. The lowest BCUT2D eigenvalue weighted by molar-refractivity contribution is 0.0768. The molecule has 1 aromatic heterocycles. The molecule has 0 fully saturated rings. The van der Waals surface area contributed by atoms with Crippen molar-refractivity contribution in [2.75, 3.05) is 0 Å². The molecule has 0 amide bonds. The van der Waals surface area contributed by atoms with Crippen LogP contribution in [0.2, 0.25) is 0 Å². The normalized spacial score (nSPS) is 11.4. The zero-order valence-corrected chi connectivity index (χ0v) is 10.4. The van der Waals surface area contributed by atoms with Crippen LogP contribution in [0.15, 0.2) is 41.1 Å². The van der Waals surface area contributed by atoms with Gasteiger partial charge in [-0.3, -0.25) is 0 Å². The van der Waals surface area contributed by atoms with Crippen molar-refractivity contribution < 1.29 is 4.74 Å². The van der Waals surface area contributed by atoms with Gasteiger partial charge in [-0.15, -0.1) is 0 Å². The third-order valence-electron chi connectivity index (χ3n) is 2.48. The molecule has 0 aliphatic heterocycles. The SMILES string of the molecule is N#Cc1ccccc1C(C#N)OCc1ccsc1. The molecule has 0 saturated heterocycles. The number of nitriles is 2. The van der Waals surface area contributed by atoms with Gasteiger partial charge >= 0.3 is 0 Å². The highest BCUT2D eigenvalue weighted by atomic mass is 32.1. The summed E-state index contributed by atoms with van der Waals surface area (Å²) in [6.07, 6.45) is -0.708. The van der Waals surface area contributed by atoms with Crippen LogP contribution < -0.4 is 0 Å². The van der Waals surface area contributed by atoms with Gasteiger partial charge in [0.15, 0.2) is 6.10 Å². The Labute approximate surface area is 109 Å². The molecule has 1 unspecified atom stereocenters. The number of hydrogen-bond donors (Lipinski definition) is 0. The maximum absolute atomic E-state index is 9.15. The molecule has 1 atom stereocenters. The fourth-order valence-electron chi connectivity index (χ4n) is 1.58. The predicted octanol–water partition coefficient (Wildman–Crippen LogP) is 3.40. The Balaban J connectivity index is 2.14. The minimum absolute atomic E-state index is 0.376. The Bertz CT molecular complexity index is 593. The van der Waals surface area contributed by atoms with Crippen molar-refractivity contribution in [1.82, 2.24) is 0 Å². The fourth-order valence-corrected chi connectivity index (χ4v) is 2.23. The van der Waals surface area contributed by atoms with Crippen molar-refractivity contribution in [3.8, 4) is 12.1 Å². The van der Waals surface area contributed by atoms with Gasteiger partial charge in [0.1, 0.15) is 0 Å². The average Bonchev–Trinajstić information content (AvgIpc) is 2.93.